The van der Waals surface area contributed by atoms with Gasteiger partial charge in [-0.05, 0) is 18.1 Å². The van der Waals surface area contributed by atoms with Gasteiger partial charge in [-0.2, -0.15) is 4.98 Å². The minimum atomic E-state index is 0.463. The van der Waals surface area contributed by atoms with E-state index in [2.05, 4.69) is 48.5 Å². The summed E-state index contributed by atoms with van der Waals surface area (Å²) in [4.78, 5) is 9.26. The Morgan fingerprint density at radius 1 is 1.13 bits per heavy atom. The van der Waals surface area contributed by atoms with Crippen LogP contribution in [0.15, 0.2) is 33.9 Å². The molecule has 0 spiro atoms. The molecule has 0 fully saturated rings. The van der Waals surface area contributed by atoms with E-state index in [0.29, 0.717) is 23.6 Å². The second-order valence-corrected chi connectivity index (χ2v) is 7.88. The van der Waals surface area contributed by atoms with Crippen LogP contribution in [0.3, 0.4) is 0 Å². The average Bonchev–Trinajstić information content (AvgIpc) is 3.04. The van der Waals surface area contributed by atoms with Crippen LogP contribution in [0.1, 0.15) is 39.4 Å². The molecule has 0 N–H and O–H groups in total. The van der Waals surface area contributed by atoms with Crippen LogP contribution in [-0.2, 0) is 13.0 Å². The maximum absolute atomic E-state index is 5.43. The fourth-order valence-corrected chi connectivity index (χ4v) is 3.31. The highest BCUT2D eigenvalue weighted by Crippen LogP contribution is 2.27. The molecule has 0 aliphatic rings. The average molecular weight is 330 g/mol. The lowest BCUT2D eigenvalue weighted by Gasteiger charge is -2.07. The van der Waals surface area contributed by atoms with E-state index in [1.807, 2.05) is 18.2 Å². The zero-order valence-corrected chi connectivity index (χ0v) is 14.8. The number of hydrogen-bond donors (Lipinski definition) is 0. The molecule has 0 amide bonds. The standard InChI is InChI=1S/C17H22N4OS/c1-11(2)9-15-19-16(22-20-15)10-21-14-8-6-5-7-13(14)18-17(21)23-12(3)4/h5-8,11-12H,9-10H2,1-4H3. The lowest BCUT2D eigenvalue weighted by Crippen LogP contribution is -2.04. The summed E-state index contributed by atoms with van der Waals surface area (Å²) in [5, 5.41) is 5.53. The Hall–Kier alpha value is -1.82. The van der Waals surface area contributed by atoms with Crippen LogP contribution in [-0.4, -0.2) is 24.9 Å². The largest absolute Gasteiger partial charge is 0.337 e. The predicted octanol–water partition coefficient (Wildman–Crippen LogP) is 4.17. The fraction of sp³-hybridized carbons (Fsp3) is 0.471. The molecular formula is C17H22N4OS. The zero-order valence-electron chi connectivity index (χ0n) is 14.0. The van der Waals surface area contributed by atoms with Crippen molar-refractivity contribution >= 4 is 22.8 Å². The van der Waals surface area contributed by atoms with Crippen molar-refractivity contribution < 1.29 is 4.52 Å². The summed E-state index contributed by atoms with van der Waals surface area (Å²) in [5.74, 6) is 1.92. The van der Waals surface area contributed by atoms with Crippen molar-refractivity contribution in [1.82, 2.24) is 19.7 Å². The molecule has 0 atom stereocenters. The predicted molar refractivity (Wildman–Crippen MR) is 92.7 cm³/mol. The monoisotopic (exact) mass is 330 g/mol. The molecule has 0 bridgehead atoms. The zero-order chi connectivity index (χ0) is 16.4. The Labute approximate surface area is 140 Å². The van der Waals surface area contributed by atoms with Gasteiger partial charge in [0.15, 0.2) is 11.0 Å². The molecule has 2 heterocycles. The Morgan fingerprint density at radius 3 is 2.65 bits per heavy atom. The summed E-state index contributed by atoms with van der Waals surface area (Å²) in [5.41, 5.74) is 2.09. The number of nitrogens with zero attached hydrogens (tertiary/aromatic N) is 4. The van der Waals surface area contributed by atoms with Crippen molar-refractivity contribution in [3.63, 3.8) is 0 Å². The van der Waals surface area contributed by atoms with Crippen LogP contribution >= 0.6 is 11.8 Å². The number of aromatic nitrogens is 4. The number of imidazole rings is 1. The molecule has 0 saturated carbocycles. The summed E-state index contributed by atoms with van der Waals surface area (Å²) in [7, 11) is 0. The van der Waals surface area contributed by atoms with E-state index in [9.17, 15) is 0 Å². The Kier molecular flexibility index (Phi) is 4.71. The van der Waals surface area contributed by atoms with Crippen molar-refractivity contribution in [2.45, 2.75) is 51.1 Å². The summed E-state index contributed by atoms with van der Waals surface area (Å²) in [6.45, 7) is 9.19. The van der Waals surface area contributed by atoms with E-state index in [1.165, 1.54) is 0 Å². The third-order valence-electron chi connectivity index (χ3n) is 3.35. The van der Waals surface area contributed by atoms with Crippen LogP contribution in [0.5, 0.6) is 0 Å². The Bertz CT molecular complexity index is 791. The van der Waals surface area contributed by atoms with Crippen molar-refractivity contribution in [2.75, 3.05) is 0 Å². The third kappa shape index (κ3) is 3.75. The first-order chi connectivity index (χ1) is 11.0. The SMILES string of the molecule is CC(C)Cc1noc(Cn2c(SC(C)C)nc3ccccc32)n1. The number of rotatable bonds is 6. The molecule has 2 aromatic heterocycles. The molecule has 5 nitrogen and oxygen atoms in total. The second kappa shape index (κ2) is 6.74. The van der Waals surface area contributed by atoms with Gasteiger partial charge in [0.05, 0.1) is 11.0 Å². The summed E-state index contributed by atoms with van der Waals surface area (Å²) < 4.78 is 7.59. The van der Waals surface area contributed by atoms with Crippen LogP contribution in [0, 0.1) is 5.92 Å². The molecule has 23 heavy (non-hydrogen) atoms. The smallest absolute Gasteiger partial charge is 0.246 e. The normalized spacial score (nSPS) is 11.9. The number of thioether (sulfide) groups is 1. The maximum Gasteiger partial charge on any atom is 0.246 e. The quantitative estimate of drug-likeness (QED) is 0.635. The van der Waals surface area contributed by atoms with Gasteiger partial charge in [-0.25, -0.2) is 4.98 Å². The highest BCUT2D eigenvalue weighted by atomic mass is 32.2. The fourth-order valence-electron chi connectivity index (χ4n) is 2.44. The molecule has 3 rings (SSSR count). The van der Waals surface area contributed by atoms with Gasteiger partial charge in [0.25, 0.3) is 0 Å². The first kappa shape index (κ1) is 16.1. The summed E-state index contributed by atoms with van der Waals surface area (Å²) in [6.07, 6.45) is 0.835. The summed E-state index contributed by atoms with van der Waals surface area (Å²) >= 11 is 1.75. The third-order valence-corrected chi connectivity index (χ3v) is 4.35. The van der Waals surface area contributed by atoms with Gasteiger partial charge >= 0.3 is 0 Å². The molecule has 0 radical (unpaired) electrons. The van der Waals surface area contributed by atoms with Gasteiger partial charge in [0.2, 0.25) is 5.89 Å². The van der Waals surface area contributed by atoms with Crippen molar-refractivity contribution in [3.8, 4) is 0 Å². The molecule has 0 saturated heterocycles. The van der Waals surface area contributed by atoms with E-state index in [4.69, 9.17) is 9.51 Å². The Balaban J connectivity index is 1.93. The van der Waals surface area contributed by atoms with E-state index < -0.39 is 0 Å². The number of benzene rings is 1. The highest BCUT2D eigenvalue weighted by Gasteiger charge is 2.16. The molecular weight excluding hydrogens is 308 g/mol. The highest BCUT2D eigenvalue weighted by molar-refractivity contribution is 7.99. The molecule has 0 unspecified atom stereocenters. The minimum absolute atomic E-state index is 0.463. The van der Waals surface area contributed by atoms with Crippen molar-refractivity contribution in [3.05, 3.63) is 36.0 Å². The first-order valence-corrected chi connectivity index (χ1v) is 8.84. The molecule has 122 valence electrons. The van der Waals surface area contributed by atoms with Gasteiger partial charge in [-0.15, -0.1) is 0 Å². The van der Waals surface area contributed by atoms with E-state index in [0.717, 1.165) is 28.4 Å². The second-order valence-electron chi connectivity index (χ2n) is 6.34. The topological polar surface area (TPSA) is 56.7 Å². The number of para-hydroxylation sites is 2. The van der Waals surface area contributed by atoms with E-state index >= 15 is 0 Å². The van der Waals surface area contributed by atoms with E-state index in [1.54, 1.807) is 11.8 Å². The first-order valence-electron chi connectivity index (χ1n) is 7.96. The van der Waals surface area contributed by atoms with Gasteiger partial charge < -0.3 is 9.09 Å². The van der Waals surface area contributed by atoms with E-state index in [-0.39, 0.29) is 0 Å². The van der Waals surface area contributed by atoms with Gasteiger partial charge in [-0.1, -0.05) is 56.7 Å². The lowest BCUT2D eigenvalue weighted by atomic mass is 10.1. The minimum Gasteiger partial charge on any atom is -0.337 e. The van der Waals surface area contributed by atoms with Gasteiger partial charge in [0.1, 0.15) is 6.54 Å². The Morgan fingerprint density at radius 2 is 1.91 bits per heavy atom. The molecule has 6 heteroatoms. The lowest BCUT2D eigenvalue weighted by molar-refractivity contribution is 0.362. The van der Waals surface area contributed by atoms with Crippen LogP contribution in [0.25, 0.3) is 11.0 Å². The van der Waals surface area contributed by atoms with Crippen molar-refractivity contribution in [1.29, 1.82) is 0 Å². The van der Waals surface area contributed by atoms with Crippen LogP contribution < -0.4 is 0 Å². The number of hydrogen-bond acceptors (Lipinski definition) is 5. The summed E-state index contributed by atoms with van der Waals surface area (Å²) in [6, 6.07) is 8.16. The van der Waals surface area contributed by atoms with Crippen molar-refractivity contribution in [2.24, 2.45) is 5.92 Å². The maximum atomic E-state index is 5.43. The number of fused-ring (bicyclic) bond motifs is 1. The van der Waals surface area contributed by atoms with Crippen LogP contribution in [0.4, 0.5) is 0 Å². The van der Waals surface area contributed by atoms with Crippen LogP contribution in [0.2, 0.25) is 0 Å². The van der Waals surface area contributed by atoms with Gasteiger partial charge in [-0.3, -0.25) is 0 Å². The molecule has 3 aromatic rings. The molecule has 1 aromatic carbocycles. The molecule has 0 aliphatic heterocycles. The molecule has 0 aliphatic carbocycles. The van der Waals surface area contributed by atoms with Gasteiger partial charge in [0, 0.05) is 11.7 Å².